The molecule has 0 saturated carbocycles. The van der Waals surface area contributed by atoms with Gasteiger partial charge < -0.3 is 10.2 Å². The second-order valence-electron chi connectivity index (χ2n) is 5.87. The van der Waals surface area contributed by atoms with Crippen molar-refractivity contribution in [1.29, 1.82) is 0 Å². The smallest absolute Gasteiger partial charge is 0.226 e. The summed E-state index contributed by atoms with van der Waals surface area (Å²) in [5.41, 5.74) is 3.18. The van der Waals surface area contributed by atoms with E-state index in [0.717, 1.165) is 11.1 Å². The van der Waals surface area contributed by atoms with Gasteiger partial charge in [0, 0.05) is 41.3 Å². The van der Waals surface area contributed by atoms with E-state index in [1.165, 1.54) is 11.8 Å². The molecule has 0 aliphatic carbocycles. The van der Waals surface area contributed by atoms with Crippen LogP contribution in [0.4, 0.5) is 11.4 Å². The zero-order valence-electron chi connectivity index (χ0n) is 14.4. The normalized spacial score (nSPS) is 10.4. The van der Waals surface area contributed by atoms with E-state index in [-0.39, 0.29) is 24.8 Å². The van der Waals surface area contributed by atoms with Gasteiger partial charge in [-0.05, 0) is 49.2 Å². The number of rotatable bonds is 5. The average Bonchev–Trinajstić information content (AvgIpc) is 2.54. The lowest BCUT2D eigenvalue weighted by Gasteiger charge is -2.21. The molecule has 6 heteroatoms. The van der Waals surface area contributed by atoms with Crippen LogP contribution >= 0.6 is 23.2 Å². The molecule has 2 aromatic rings. The Hall–Kier alpha value is -2.04. The van der Waals surface area contributed by atoms with E-state index in [9.17, 15) is 9.59 Å². The fourth-order valence-electron chi connectivity index (χ4n) is 2.33. The first kappa shape index (κ1) is 19.3. The van der Waals surface area contributed by atoms with Gasteiger partial charge in [-0.1, -0.05) is 35.3 Å². The van der Waals surface area contributed by atoms with Crippen molar-refractivity contribution in [2.24, 2.45) is 0 Å². The SMILES string of the molecule is CC(=O)N(CCC(=O)Nc1ccc(C)c(Cl)c1)c1ccc(C)c(Cl)c1. The van der Waals surface area contributed by atoms with Gasteiger partial charge >= 0.3 is 0 Å². The molecule has 0 atom stereocenters. The van der Waals surface area contributed by atoms with E-state index in [1.54, 1.807) is 18.2 Å². The summed E-state index contributed by atoms with van der Waals surface area (Å²) < 4.78 is 0. The van der Waals surface area contributed by atoms with Gasteiger partial charge in [0.05, 0.1) is 0 Å². The largest absolute Gasteiger partial charge is 0.326 e. The second-order valence-corrected chi connectivity index (χ2v) is 6.68. The Kier molecular flexibility index (Phi) is 6.45. The van der Waals surface area contributed by atoms with Crippen molar-refractivity contribution < 1.29 is 9.59 Å². The number of anilines is 2. The molecule has 2 rings (SSSR count). The Balaban J connectivity index is 2.02. The van der Waals surface area contributed by atoms with Gasteiger partial charge in [0.1, 0.15) is 0 Å². The molecule has 0 spiro atoms. The fourth-order valence-corrected chi connectivity index (χ4v) is 2.68. The van der Waals surface area contributed by atoms with Crippen LogP contribution in [0, 0.1) is 13.8 Å². The van der Waals surface area contributed by atoms with Gasteiger partial charge in [0.25, 0.3) is 0 Å². The topological polar surface area (TPSA) is 49.4 Å². The van der Waals surface area contributed by atoms with Crippen molar-refractivity contribution in [3.05, 3.63) is 57.6 Å². The molecule has 4 nitrogen and oxygen atoms in total. The summed E-state index contributed by atoms with van der Waals surface area (Å²) in [7, 11) is 0. The Morgan fingerprint density at radius 3 is 2.16 bits per heavy atom. The van der Waals surface area contributed by atoms with Crippen LogP contribution in [0.1, 0.15) is 24.5 Å². The first-order chi connectivity index (χ1) is 11.8. The highest BCUT2D eigenvalue weighted by Crippen LogP contribution is 2.24. The molecule has 0 aromatic heterocycles. The Bertz CT molecular complexity index is 806. The number of aryl methyl sites for hydroxylation is 2. The summed E-state index contributed by atoms with van der Waals surface area (Å²) in [4.78, 5) is 25.6. The highest BCUT2D eigenvalue weighted by molar-refractivity contribution is 6.32. The number of amides is 2. The van der Waals surface area contributed by atoms with Gasteiger partial charge in [-0.2, -0.15) is 0 Å². The van der Waals surface area contributed by atoms with E-state index in [0.29, 0.717) is 21.4 Å². The van der Waals surface area contributed by atoms with Crippen molar-refractivity contribution in [3.8, 4) is 0 Å². The van der Waals surface area contributed by atoms with Crippen LogP contribution in [0.5, 0.6) is 0 Å². The molecule has 2 amide bonds. The Morgan fingerprint density at radius 2 is 1.60 bits per heavy atom. The lowest BCUT2D eigenvalue weighted by atomic mass is 10.2. The Labute approximate surface area is 157 Å². The maximum Gasteiger partial charge on any atom is 0.226 e. The minimum atomic E-state index is -0.190. The fraction of sp³-hybridized carbons (Fsp3) is 0.263. The van der Waals surface area contributed by atoms with Crippen LogP contribution in [-0.4, -0.2) is 18.4 Å². The van der Waals surface area contributed by atoms with Gasteiger partial charge in [0.15, 0.2) is 0 Å². The lowest BCUT2D eigenvalue weighted by Crippen LogP contribution is -2.32. The number of halogens is 2. The average molecular weight is 379 g/mol. The van der Waals surface area contributed by atoms with Gasteiger partial charge in [-0.15, -0.1) is 0 Å². The molecule has 0 aliphatic rings. The van der Waals surface area contributed by atoms with E-state index >= 15 is 0 Å². The molecule has 2 aromatic carbocycles. The summed E-state index contributed by atoms with van der Waals surface area (Å²) in [6.45, 7) is 5.52. The standard InChI is InChI=1S/C19H20Cl2N2O2/c1-12-4-6-15(10-17(12)20)22-19(25)8-9-23(14(3)24)16-7-5-13(2)18(21)11-16/h4-7,10-11H,8-9H2,1-3H3,(H,22,25). The number of hydrogen-bond acceptors (Lipinski definition) is 2. The minimum Gasteiger partial charge on any atom is -0.326 e. The predicted molar refractivity (Wildman–Crippen MR) is 104 cm³/mol. The minimum absolute atomic E-state index is 0.147. The highest BCUT2D eigenvalue weighted by atomic mass is 35.5. The summed E-state index contributed by atoms with van der Waals surface area (Å²) >= 11 is 12.2. The molecule has 1 N–H and O–H groups in total. The molecule has 0 aliphatic heterocycles. The quantitative estimate of drug-likeness (QED) is 0.796. The first-order valence-corrected chi connectivity index (χ1v) is 8.64. The predicted octanol–water partition coefficient (Wildman–Crippen LogP) is 4.99. The maximum atomic E-state index is 12.2. The van der Waals surface area contributed by atoms with E-state index in [1.807, 2.05) is 32.0 Å². The lowest BCUT2D eigenvalue weighted by molar-refractivity contribution is -0.117. The van der Waals surface area contributed by atoms with Crippen LogP contribution in [0.3, 0.4) is 0 Å². The van der Waals surface area contributed by atoms with Crippen molar-refractivity contribution in [1.82, 2.24) is 0 Å². The molecule has 0 saturated heterocycles. The molecule has 25 heavy (non-hydrogen) atoms. The first-order valence-electron chi connectivity index (χ1n) is 7.88. The Morgan fingerprint density at radius 1 is 1.00 bits per heavy atom. The van der Waals surface area contributed by atoms with Crippen LogP contribution in [-0.2, 0) is 9.59 Å². The molecular formula is C19H20Cl2N2O2. The monoisotopic (exact) mass is 378 g/mol. The molecule has 0 heterocycles. The zero-order chi connectivity index (χ0) is 18.6. The number of nitrogens with zero attached hydrogens (tertiary/aromatic N) is 1. The van der Waals surface area contributed by atoms with Crippen molar-refractivity contribution >= 4 is 46.4 Å². The summed E-state index contributed by atoms with van der Waals surface area (Å²) in [5, 5.41) is 3.97. The maximum absolute atomic E-state index is 12.2. The zero-order valence-corrected chi connectivity index (χ0v) is 15.9. The molecule has 132 valence electrons. The second kappa shape index (κ2) is 8.37. The molecule has 0 fully saturated rings. The van der Waals surface area contributed by atoms with Gasteiger partial charge in [-0.25, -0.2) is 0 Å². The summed E-state index contributed by atoms with van der Waals surface area (Å²) in [6, 6.07) is 10.7. The van der Waals surface area contributed by atoms with Crippen LogP contribution in [0.25, 0.3) is 0 Å². The van der Waals surface area contributed by atoms with E-state index in [2.05, 4.69) is 5.32 Å². The number of nitrogens with one attached hydrogen (secondary N) is 1. The van der Waals surface area contributed by atoms with Gasteiger partial charge in [-0.3, -0.25) is 9.59 Å². The number of carbonyl (C=O) groups is 2. The molecule has 0 radical (unpaired) electrons. The van der Waals surface area contributed by atoms with E-state index in [4.69, 9.17) is 23.2 Å². The molecule has 0 unspecified atom stereocenters. The third-order valence-corrected chi connectivity index (χ3v) is 4.68. The van der Waals surface area contributed by atoms with Crippen LogP contribution in [0.15, 0.2) is 36.4 Å². The number of benzene rings is 2. The van der Waals surface area contributed by atoms with E-state index < -0.39 is 0 Å². The van der Waals surface area contributed by atoms with Crippen molar-refractivity contribution in [2.45, 2.75) is 27.2 Å². The third-order valence-electron chi connectivity index (χ3n) is 3.87. The molecular weight excluding hydrogens is 359 g/mol. The number of carbonyl (C=O) groups excluding carboxylic acids is 2. The van der Waals surface area contributed by atoms with Crippen molar-refractivity contribution in [3.63, 3.8) is 0 Å². The van der Waals surface area contributed by atoms with Crippen molar-refractivity contribution in [2.75, 3.05) is 16.8 Å². The third kappa shape index (κ3) is 5.21. The summed E-state index contributed by atoms with van der Waals surface area (Å²) in [6.07, 6.45) is 0.163. The number of hydrogen-bond donors (Lipinski definition) is 1. The van der Waals surface area contributed by atoms with Crippen LogP contribution < -0.4 is 10.2 Å². The van der Waals surface area contributed by atoms with Crippen LogP contribution in [0.2, 0.25) is 10.0 Å². The summed E-state index contributed by atoms with van der Waals surface area (Å²) in [5.74, 6) is -0.338. The highest BCUT2D eigenvalue weighted by Gasteiger charge is 2.14. The molecule has 0 bridgehead atoms. The van der Waals surface area contributed by atoms with Gasteiger partial charge in [0.2, 0.25) is 11.8 Å².